The topological polar surface area (TPSA) is 51.7 Å². The van der Waals surface area contributed by atoms with Crippen LogP contribution in [0.1, 0.15) is 39.0 Å². The first-order valence-electron chi connectivity index (χ1n) is 11.2. The van der Waals surface area contributed by atoms with Crippen LogP contribution in [0.4, 0.5) is 10.6 Å². The summed E-state index contributed by atoms with van der Waals surface area (Å²) in [6, 6.07) is 8.93. The van der Waals surface area contributed by atoms with Crippen LogP contribution in [0.5, 0.6) is 0 Å². The number of aromatic nitrogens is 1. The summed E-state index contributed by atoms with van der Waals surface area (Å²) < 4.78 is 6.01. The van der Waals surface area contributed by atoms with Crippen molar-refractivity contribution in [3.05, 3.63) is 24.3 Å². The van der Waals surface area contributed by atoms with E-state index >= 15 is 0 Å². The maximum atomic E-state index is 11.9. The average Bonchev–Trinajstić information content (AvgIpc) is 3.19. The Bertz CT molecular complexity index is 850. The van der Waals surface area contributed by atoms with Gasteiger partial charge in [-0.1, -0.05) is 19.1 Å². The van der Waals surface area contributed by atoms with Crippen LogP contribution >= 0.6 is 11.5 Å². The van der Waals surface area contributed by atoms with Crippen LogP contribution in [0.2, 0.25) is 0 Å². The number of nitrogens with one attached hydrogen (secondary N) is 1. The Hall–Kier alpha value is -1.86. The highest BCUT2D eigenvalue weighted by Gasteiger charge is 2.32. The third-order valence-corrected chi connectivity index (χ3v) is 7.81. The Morgan fingerprint density at radius 1 is 1.20 bits per heavy atom. The van der Waals surface area contributed by atoms with Gasteiger partial charge in [-0.15, -0.1) is 0 Å². The lowest BCUT2D eigenvalue weighted by Crippen LogP contribution is -2.48. The van der Waals surface area contributed by atoms with Gasteiger partial charge >= 0.3 is 6.03 Å². The minimum Gasteiger partial charge on any atom is -0.353 e. The Labute approximate surface area is 184 Å². The second kappa shape index (κ2) is 9.10. The molecule has 0 radical (unpaired) electrons. The van der Waals surface area contributed by atoms with Crippen LogP contribution in [-0.2, 0) is 0 Å². The van der Waals surface area contributed by atoms with Crippen molar-refractivity contribution in [2.24, 2.45) is 5.41 Å². The number of anilines is 1. The van der Waals surface area contributed by atoms with Crippen LogP contribution in [0.25, 0.3) is 10.1 Å². The summed E-state index contributed by atoms with van der Waals surface area (Å²) in [5.74, 6) is 1.17. The van der Waals surface area contributed by atoms with E-state index in [1.54, 1.807) is 30.5 Å². The number of hydrogen-bond acceptors (Lipinski definition) is 5. The number of carbonyl (C=O) groups excluding carboxylic acids is 1. The first-order valence-corrected chi connectivity index (χ1v) is 12.0. The third kappa shape index (κ3) is 4.89. The van der Waals surface area contributed by atoms with E-state index in [0.717, 1.165) is 39.0 Å². The molecule has 30 heavy (non-hydrogen) atoms. The SMILES string of the molecule is CN(C)C(=O)NC1CCC(C)(CCN2CCN(c3nsc4ccccc34)CC2)CC1. The molecule has 1 N–H and O–H groups in total. The van der Waals surface area contributed by atoms with Gasteiger partial charge in [-0.25, -0.2) is 4.79 Å². The van der Waals surface area contributed by atoms with Gasteiger partial charge < -0.3 is 15.1 Å². The van der Waals surface area contributed by atoms with Gasteiger partial charge in [0.25, 0.3) is 0 Å². The van der Waals surface area contributed by atoms with E-state index in [0.29, 0.717) is 11.5 Å². The van der Waals surface area contributed by atoms with E-state index in [9.17, 15) is 4.79 Å². The molecule has 0 spiro atoms. The van der Waals surface area contributed by atoms with Gasteiger partial charge in [0.15, 0.2) is 0 Å². The second-order valence-corrected chi connectivity index (χ2v) is 10.3. The number of amides is 2. The first-order chi connectivity index (χ1) is 14.4. The van der Waals surface area contributed by atoms with Gasteiger partial charge in [-0.3, -0.25) is 4.90 Å². The molecular weight excluding hydrogens is 394 g/mol. The molecule has 7 heteroatoms. The van der Waals surface area contributed by atoms with Crippen molar-refractivity contribution in [3.63, 3.8) is 0 Å². The van der Waals surface area contributed by atoms with E-state index in [2.05, 4.69) is 46.3 Å². The Morgan fingerprint density at radius 2 is 1.90 bits per heavy atom. The van der Waals surface area contributed by atoms with Gasteiger partial charge in [0, 0.05) is 51.7 Å². The van der Waals surface area contributed by atoms with Crippen LogP contribution in [0.15, 0.2) is 24.3 Å². The largest absolute Gasteiger partial charge is 0.353 e. The molecule has 164 valence electrons. The lowest BCUT2D eigenvalue weighted by molar-refractivity contribution is 0.136. The number of carbonyl (C=O) groups is 1. The molecule has 0 atom stereocenters. The fourth-order valence-corrected chi connectivity index (χ4v) is 5.52. The van der Waals surface area contributed by atoms with Crippen LogP contribution < -0.4 is 10.2 Å². The average molecular weight is 430 g/mol. The van der Waals surface area contributed by atoms with Crippen LogP contribution in [0.3, 0.4) is 0 Å². The molecule has 1 aromatic heterocycles. The highest BCUT2D eigenvalue weighted by atomic mass is 32.1. The van der Waals surface area contributed by atoms with Gasteiger partial charge in [-0.05, 0) is 67.7 Å². The van der Waals surface area contributed by atoms with E-state index in [-0.39, 0.29) is 6.03 Å². The third-order valence-electron chi connectivity index (χ3n) is 6.99. The van der Waals surface area contributed by atoms with Gasteiger partial charge in [0.2, 0.25) is 0 Å². The summed E-state index contributed by atoms with van der Waals surface area (Å²) in [6.07, 6.45) is 5.86. The summed E-state index contributed by atoms with van der Waals surface area (Å²) in [5, 5.41) is 4.45. The van der Waals surface area contributed by atoms with Gasteiger partial charge in [-0.2, -0.15) is 4.37 Å². The highest BCUT2D eigenvalue weighted by Crippen LogP contribution is 2.39. The first kappa shape index (κ1) is 21.4. The lowest BCUT2D eigenvalue weighted by atomic mass is 9.72. The van der Waals surface area contributed by atoms with Crippen molar-refractivity contribution >= 4 is 33.5 Å². The predicted molar refractivity (Wildman–Crippen MR) is 125 cm³/mol. The molecule has 2 amide bonds. The number of benzene rings is 1. The molecule has 2 fully saturated rings. The zero-order chi connectivity index (χ0) is 21.1. The number of piperazine rings is 1. The lowest BCUT2D eigenvalue weighted by Gasteiger charge is -2.41. The van der Waals surface area contributed by atoms with Gasteiger partial charge in [0.1, 0.15) is 5.82 Å². The number of hydrogen-bond donors (Lipinski definition) is 1. The number of nitrogens with zero attached hydrogens (tertiary/aromatic N) is 4. The molecule has 1 saturated heterocycles. The molecule has 2 aromatic rings. The quantitative estimate of drug-likeness (QED) is 0.780. The van der Waals surface area contributed by atoms with E-state index in [4.69, 9.17) is 4.37 Å². The van der Waals surface area contributed by atoms with Gasteiger partial charge in [0.05, 0.1) is 4.70 Å². The Balaban J connectivity index is 1.22. The monoisotopic (exact) mass is 429 g/mol. The van der Waals surface area contributed by atoms with Crippen molar-refractivity contribution < 1.29 is 4.79 Å². The zero-order valence-corrected chi connectivity index (χ0v) is 19.4. The summed E-state index contributed by atoms with van der Waals surface area (Å²) in [5.41, 5.74) is 0.404. The highest BCUT2D eigenvalue weighted by molar-refractivity contribution is 7.13. The summed E-state index contributed by atoms with van der Waals surface area (Å²) in [6.45, 7) is 7.96. The number of fused-ring (bicyclic) bond motifs is 1. The molecule has 2 heterocycles. The van der Waals surface area contributed by atoms with Crippen molar-refractivity contribution in [1.82, 2.24) is 19.5 Å². The fourth-order valence-electron chi connectivity index (χ4n) is 4.72. The Morgan fingerprint density at radius 3 is 2.60 bits per heavy atom. The minimum absolute atomic E-state index is 0.0364. The summed E-state index contributed by atoms with van der Waals surface area (Å²) >= 11 is 1.61. The Kier molecular flexibility index (Phi) is 6.48. The van der Waals surface area contributed by atoms with Crippen molar-refractivity contribution in [2.45, 2.75) is 45.1 Å². The second-order valence-electron chi connectivity index (χ2n) is 9.51. The van der Waals surface area contributed by atoms with E-state index in [1.165, 1.54) is 41.7 Å². The molecular formula is C23H35N5OS. The number of urea groups is 1. The molecule has 6 nitrogen and oxygen atoms in total. The molecule has 1 aliphatic heterocycles. The smallest absolute Gasteiger partial charge is 0.317 e. The van der Waals surface area contributed by atoms with E-state index in [1.807, 2.05) is 0 Å². The standard InChI is InChI=1S/C23H35N5OS/c1-23(10-8-18(9-11-23)24-22(29)26(2)3)12-13-27-14-16-28(17-15-27)21-19-6-4-5-7-20(19)30-25-21/h4-7,18H,8-17H2,1-3H3,(H,24,29). The molecule has 1 saturated carbocycles. The molecule has 4 rings (SSSR count). The van der Waals surface area contributed by atoms with Crippen molar-refractivity contribution in [1.29, 1.82) is 0 Å². The minimum atomic E-state index is 0.0364. The molecule has 2 aliphatic rings. The molecule has 0 unspecified atom stereocenters. The van der Waals surface area contributed by atoms with Crippen molar-refractivity contribution in [3.8, 4) is 0 Å². The summed E-state index contributed by atoms with van der Waals surface area (Å²) in [7, 11) is 3.61. The normalized spacial score (nSPS) is 25.4. The molecule has 1 aliphatic carbocycles. The summed E-state index contributed by atoms with van der Waals surface area (Å²) in [4.78, 5) is 18.6. The predicted octanol–water partition coefficient (Wildman–Crippen LogP) is 4.03. The van der Waals surface area contributed by atoms with E-state index < -0.39 is 0 Å². The molecule has 0 bridgehead atoms. The van der Waals surface area contributed by atoms with Crippen LogP contribution in [-0.4, -0.2) is 73.1 Å². The maximum Gasteiger partial charge on any atom is 0.317 e. The number of rotatable bonds is 5. The molecule has 1 aromatic carbocycles. The van der Waals surface area contributed by atoms with Crippen molar-refractivity contribution in [2.75, 3.05) is 51.7 Å². The fraction of sp³-hybridized carbons (Fsp3) is 0.652. The van der Waals surface area contributed by atoms with Crippen LogP contribution in [0, 0.1) is 5.41 Å². The maximum absolute atomic E-state index is 11.9. The zero-order valence-electron chi connectivity index (χ0n) is 18.6.